The molecule has 0 unspecified atom stereocenters. The van der Waals surface area contributed by atoms with Crippen molar-refractivity contribution in [1.29, 1.82) is 0 Å². The third kappa shape index (κ3) is 4.37. The van der Waals surface area contributed by atoms with Crippen LogP contribution in [0.4, 0.5) is 0 Å². The van der Waals surface area contributed by atoms with Gasteiger partial charge in [0.25, 0.3) is 5.91 Å². The molecule has 0 atom stereocenters. The summed E-state index contributed by atoms with van der Waals surface area (Å²) >= 11 is 11.7. The molecule has 19 heavy (non-hydrogen) atoms. The number of rotatable bonds is 3. The molecular weight excluding hydrogens is 285 g/mol. The van der Waals surface area contributed by atoms with Gasteiger partial charge in [-0.25, -0.2) is 0 Å². The van der Waals surface area contributed by atoms with Gasteiger partial charge in [-0.15, -0.1) is 0 Å². The second-order valence-electron chi connectivity index (χ2n) is 5.04. The van der Waals surface area contributed by atoms with Crippen LogP contribution in [0, 0.1) is 5.92 Å². The summed E-state index contributed by atoms with van der Waals surface area (Å²) in [5.41, 5.74) is 0.480. The van der Waals surface area contributed by atoms with Crippen molar-refractivity contribution in [3.8, 4) is 0 Å². The smallest absolute Gasteiger partial charge is 0.251 e. The van der Waals surface area contributed by atoms with Gasteiger partial charge in [0.15, 0.2) is 0 Å². The molecule has 3 nitrogen and oxygen atoms in total. The van der Waals surface area contributed by atoms with Gasteiger partial charge in [0.2, 0.25) is 0 Å². The monoisotopic (exact) mass is 301 g/mol. The van der Waals surface area contributed by atoms with Crippen LogP contribution in [0.15, 0.2) is 18.2 Å². The second kappa shape index (κ2) is 6.60. The quantitative estimate of drug-likeness (QED) is 0.900. The Balaban J connectivity index is 1.87. The van der Waals surface area contributed by atoms with E-state index in [1.807, 2.05) is 0 Å². The summed E-state index contributed by atoms with van der Waals surface area (Å²) in [6.45, 7) is 0.635. The molecule has 0 heterocycles. The van der Waals surface area contributed by atoms with Crippen molar-refractivity contribution >= 4 is 29.1 Å². The van der Waals surface area contributed by atoms with E-state index in [0.717, 1.165) is 25.7 Å². The highest BCUT2D eigenvalue weighted by molar-refractivity contribution is 6.35. The van der Waals surface area contributed by atoms with Crippen molar-refractivity contribution in [1.82, 2.24) is 5.32 Å². The minimum atomic E-state index is -0.168. The largest absolute Gasteiger partial charge is 0.393 e. The fourth-order valence-electron chi connectivity index (χ4n) is 2.37. The minimum Gasteiger partial charge on any atom is -0.393 e. The third-order valence-corrected chi connectivity index (χ3v) is 3.93. The van der Waals surface area contributed by atoms with Crippen LogP contribution >= 0.6 is 23.2 Å². The molecule has 0 aliphatic heterocycles. The molecule has 0 radical (unpaired) electrons. The summed E-state index contributed by atoms with van der Waals surface area (Å²) in [7, 11) is 0. The van der Waals surface area contributed by atoms with Gasteiger partial charge >= 0.3 is 0 Å². The van der Waals surface area contributed by atoms with E-state index in [1.54, 1.807) is 18.2 Å². The van der Waals surface area contributed by atoms with E-state index in [-0.39, 0.29) is 12.0 Å². The number of carbonyl (C=O) groups is 1. The SMILES string of the molecule is O=C(NCC1CCC(O)CC1)c1cc(Cl)cc(Cl)c1. The van der Waals surface area contributed by atoms with Crippen LogP contribution in [-0.4, -0.2) is 23.7 Å². The maximum atomic E-state index is 12.0. The minimum absolute atomic E-state index is 0.157. The van der Waals surface area contributed by atoms with Crippen molar-refractivity contribution in [2.24, 2.45) is 5.92 Å². The number of aliphatic hydroxyl groups excluding tert-OH is 1. The first-order valence-corrected chi connectivity index (χ1v) is 7.22. The normalized spacial score (nSPS) is 23.1. The zero-order valence-corrected chi connectivity index (χ0v) is 12.0. The number of halogens is 2. The first kappa shape index (κ1) is 14.6. The molecule has 2 N–H and O–H groups in total. The number of nitrogens with one attached hydrogen (secondary N) is 1. The van der Waals surface area contributed by atoms with Crippen molar-refractivity contribution < 1.29 is 9.90 Å². The zero-order chi connectivity index (χ0) is 13.8. The average molecular weight is 302 g/mol. The molecule has 104 valence electrons. The van der Waals surface area contributed by atoms with E-state index in [2.05, 4.69) is 5.32 Å². The van der Waals surface area contributed by atoms with E-state index in [0.29, 0.717) is 28.1 Å². The first-order chi connectivity index (χ1) is 9.04. The lowest BCUT2D eigenvalue weighted by Gasteiger charge is -2.25. The molecule has 1 aliphatic rings. The second-order valence-corrected chi connectivity index (χ2v) is 5.92. The molecule has 2 rings (SSSR count). The van der Waals surface area contributed by atoms with Crippen LogP contribution < -0.4 is 5.32 Å². The summed E-state index contributed by atoms with van der Waals surface area (Å²) in [6.07, 6.45) is 3.39. The molecule has 1 saturated carbocycles. The number of hydrogen-bond donors (Lipinski definition) is 2. The number of aliphatic hydroxyl groups is 1. The van der Waals surface area contributed by atoms with Gasteiger partial charge in [0, 0.05) is 22.2 Å². The van der Waals surface area contributed by atoms with Crippen LogP contribution in [-0.2, 0) is 0 Å². The zero-order valence-electron chi connectivity index (χ0n) is 10.5. The Labute approximate surface area is 122 Å². The van der Waals surface area contributed by atoms with Crippen molar-refractivity contribution in [2.75, 3.05) is 6.54 Å². The maximum Gasteiger partial charge on any atom is 0.251 e. The molecular formula is C14H17Cl2NO2. The van der Waals surface area contributed by atoms with Crippen molar-refractivity contribution in [3.63, 3.8) is 0 Å². The summed E-state index contributed by atoms with van der Waals surface area (Å²) < 4.78 is 0. The molecule has 5 heteroatoms. The molecule has 0 bridgehead atoms. The van der Waals surface area contributed by atoms with Crippen LogP contribution in [0.1, 0.15) is 36.0 Å². The molecule has 0 saturated heterocycles. The number of carbonyl (C=O) groups excluding carboxylic acids is 1. The predicted molar refractivity (Wildman–Crippen MR) is 76.8 cm³/mol. The van der Waals surface area contributed by atoms with Gasteiger partial charge in [-0.2, -0.15) is 0 Å². The highest BCUT2D eigenvalue weighted by atomic mass is 35.5. The van der Waals surface area contributed by atoms with Gasteiger partial charge < -0.3 is 10.4 Å². The van der Waals surface area contributed by atoms with Crippen LogP contribution in [0.2, 0.25) is 10.0 Å². The summed E-state index contributed by atoms with van der Waals surface area (Å²) in [4.78, 5) is 12.0. The lowest BCUT2D eigenvalue weighted by molar-refractivity contribution is 0.0910. The molecule has 0 spiro atoms. The van der Waals surface area contributed by atoms with Crippen LogP contribution in [0.5, 0.6) is 0 Å². The summed E-state index contributed by atoms with van der Waals surface area (Å²) in [6, 6.07) is 4.81. The summed E-state index contributed by atoms with van der Waals surface area (Å²) in [5, 5.41) is 13.2. The van der Waals surface area contributed by atoms with E-state index < -0.39 is 0 Å². The van der Waals surface area contributed by atoms with Crippen molar-refractivity contribution in [2.45, 2.75) is 31.8 Å². The van der Waals surface area contributed by atoms with E-state index in [9.17, 15) is 9.90 Å². The molecule has 0 aromatic heterocycles. The molecule has 1 fully saturated rings. The summed E-state index contributed by atoms with van der Waals surface area (Å²) in [5.74, 6) is 0.289. The lowest BCUT2D eigenvalue weighted by atomic mass is 9.87. The highest BCUT2D eigenvalue weighted by Gasteiger charge is 2.20. The van der Waals surface area contributed by atoms with Crippen molar-refractivity contribution in [3.05, 3.63) is 33.8 Å². The van der Waals surface area contributed by atoms with E-state index in [4.69, 9.17) is 23.2 Å². The topological polar surface area (TPSA) is 49.3 Å². The molecule has 1 aromatic rings. The van der Waals surface area contributed by atoms with Gasteiger partial charge in [-0.3, -0.25) is 4.79 Å². The molecule has 1 amide bonds. The van der Waals surface area contributed by atoms with Gasteiger partial charge in [-0.05, 0) is 49.8 Å². The molecule has 1 aliphatic carbocycles. The Bertz CT molecular complexity index is 437. The van der Waals surface area contributed by atoms with E-state index >= 15 is 0 Å². The highest BCUT2D eigenvalue weighted by Crippen LogP contribution is 2.24. The molecule has 1 aromatic carbocycles. The Kier molecular flexibility index (Phi) is 5.08. The standard InChI is InChI=1S/C14H17Cl2NO2/c15-11-5-10(6-12(16)7-11)14(19)17-8-9-1-3-13(18)4-2-9/h5-7,9,13,18H,1-4,8H2,(H,17,19). The van der Waals surface area contributed by atoms with Gasteiger partial charge in [0.05, 0.1) is 6.10 Å². The van der Waals surface area contributed by atoms with Gasteiger partial charge in [0.1, 0.15) is 0 Å². The van der Waals surface area contributed by atoms with Gasteiger partial charge in [-0.1, -0.05) is 23.2 Å². The number of amides is 1. The third-order valence-electron chi connectivity index (χ3n) is 3.49. The van der Waals surface area contributed by atoms with Crippen LogP contribution in [0.3, 0.4) is 0 Å². The number of benzene rings is 1. The average Bonchev–Trinajstić information content (AvgIpc) is 2.36. The Morgan fingerprint density at radius 1 is 1.16 bits per heavy atom. The van der Waals surface area contributed by atoms with E-state index in [1.165, 1.54) is 0 Å². The van der Waals surface area contributed by atoms with Crippen LogP contribution in [0.25, 0.3) is 0 Å². The Morgan fingerprint density at radius 2 is 1.74 bits per heavy atom. The Morgan fingerprint density at radius 3 is 2.32 bits per heavy atom. The maximum absolute atomic E-state index is 12.0. The lowest BCUT2D eigenvalue weighted by Crippen LogP contribution is -2.32. The fourth-order valence-corrected chi connectivity index (χ4v) is 2.90. The first-order valence-electron chi connectivity index (χ1n) is 6.47. The Hall–Kier alpha value is -0.770. The fraction of sp³-hybridized carbons (Fsp3) is 0.500. The number of hydrogen-bond acceptors (Lipinski definition) is 2. The predicted octanol–water partition coefficient (Wildman–Crippen LogP) is 3.27.